The monoisotopic (exact) mass is 378 g/mol. The van der Waals surface area contributed by atoms with Crippen molar-refractivity contribution in [3.05, 3.63) is 58.2 Å². The quantitative estimate of drug-likeness (QED) is 0.745. The van der Waals surface area contributed by atoms with E-state index in [2.05, 4.69) is 19.7 Å². The van der Waals surface area contributed by atoms with Gasteiger partial charge < -0.3 is 20.4 Å². The zero-order valence-electron chi connectivity index (χ0n) is 14.1. The van der Waals surface area contributed by atoms with E-state index in [-0.39, 0.29) is 17.2 Å². The van der Waals surface area contributed by atoms with E-state index in [0.717, 1.165) is 0 Å². The number of aromatic amines is 1. The molecule has 2 aromatic heterocycles. The van der Waals surface area contributed by atoms with Gasteiger partial charge in [-0.05, 0) is 18.2 Å². The molecule has 0 saturated heterocycles. The zero-order valence-corrected chi connectivity index (χ0v) is 14.1. The van der Waals surface area contributed by atoms with Crippen LogP contribution in [0.15, 0.2) is 46.9 Å². The Morgan fingerprint density at radius 2 is 2.07 bits per heavy atom. The molecule has 4 N–H and O–H groups in total. The van der Waals surface area contributed by atoms with Crippen LogP contribution >= 0.6 is 0 Å². The summed E-state index contributed by atoms with van der Waals surface area (Å²) in [5.41, 5.74) is 1.35. The lowest BCUT2D eigenvalue weighted by Gasteiger charge is -2.10. The topological polar surface area (TPSA) is 108 Å². The number of pyridine rings is 1. The maximum Gasteiger partial charge on any atom is 0.422 e. The van der Waals surface area contributed by atoms with Gasteiger partial charge in [0, 0.05) is 11.6 Å². The van der Waals surface area contributed by atoms with Gasteiger partial charge >= 0.3 is 6.18 Å². The normalized spacial score (nSPS) is 16.1. The predicted octanol–water partition coefficient (Wildman–Crippen LogP) is 1.31. The number of allylic oxidation sites excluding steroid dienone is 5. The van der Waals surface area contributed by atoms with Crippen molar-refractivity contribution >= 4 is 22.4 Å². The van der Waals surface area contributed by atoms with Crippen LogP contribution in [-0.4, -0.2) is 40.5 Å². The molecule has 3 rings (SSSR count). The highest BCUT2D eigenvalue weighted by Gasteiger charge is 2.28. The summed E-state index contributed by atoms with van der Waals surface area (Å²) >= 11 is 0. The number of nitrogens with one attached hydrogen (secondary N) is 2. The molecule has 10 heteroatoms. The molecule has 7 nitrogen and oxygen atoms in total. The maximum absolute atomic E-state index is 12.4. The first-order valence-corrected chi connectivity index (χ1v) is 7.86. The van der Waals surface area contributed by atoms with E-state index in [4.69, 9.17) is 5.41 Å². The number of fused-ring (bicyclic) bond motifs is 1. The van der Waals surface area contributed by atoms with Gasteiger partial charge in [0.25, 0.3) is 5.56 Å². The van der Waals surface area contributed by atoms with Gasteiger partial charge in [-0.1, -0.05) is 6.08 Å². The standard InChI is InChI=1S/C17H14F3N5O2/c1-22-7-10-6-9(2-3-11(10)21)14-16(26)25-15-12(23-14)4-5-13(24-15)27-8-17(18,19)20/h2-7,21-22H,8H2,1H3,(H,24,25,26)/p+1. The summed E-state index contributed by atoms with van der Waals surface area (Å²) in [6.45, 7) is -1.48. The van der Waals surface area contributed by atoms with Gasteiger partial charge in [-0.25, -0.2) is 4.98 Å². The SMILES string of the molecule is C[NH2+]C=C1C=C(c2nc3ccc(OCC(F)(F)F)nc3[nH]c2=O)C=CC1=N. The molecule has 0 aromatic carbocycles. The van der Waals surface area contributed by atoms with Crippen LogP contribution in [0.4, 0.5) is 13.2 Å². The number of rotatable bonds is 4. The fraction of sp³-hybridized carbons (Fsp3) is 0.176. The zero-order chi connectivity index (χ0) is 19.6. The molecule has 27 heavy (non-hydrogen) atoms. The summed E-state index contributed by atoms with van der Waals surface area (Å²) in [7, 11) is 1.82. The second kappa shape index (κ2) is 7.16. The Hall–Kier alpha value is -3.27. The highest BCUT2D eigenvalue weighted by Crippen LogP contribution is 2.21. The Kier molecular flexibility index (Phi) is 4.91. The highest BCUT2D eigenvalue weighted by atomic mass is 19.4. The minimum absolute atomic E-state index is 0.0224. The third kappa shape index (κ3) is 4.29. The van der Waals surface area contributed by atoms with E-state index < -0.39 is 18.3 Å². The molecule has 1 aliphatic rings. The van der Waals surface area contributed by atoms with Crippen molar-refractivity contribution in [3.8, 4) is 5.88 Å². The molecular weight excluding hydrogens is 363 g/mol. The fourth-order valence-electron chi connectivity index (χ4n) is 2.41. The smallest absolute Gasteiger partial charge is 0.422 e. The van der Waals surface area contributed by atoms with Crippen molar-refractivity contribution in [2.24, 2.45) is 0 Å². The molecule has 2 heterocycles. The van der Waals surface area contributed by atoms with Crippen molar-refractivity contribution in [1.82, 2.24) is 15.0 Å². The summed E-state index contributed by atoms with van der Waals surface area (Å²) in [6, 6.07) is 2.67. The van der Waals surface area contributed by atoms with E-state index in [1.165, 1.54) is 12.1 Å². The number of alkyl halides is 3. The predicted molar refractivity (Wildman–Crippen MR) is 92.5 cm³/mol. The van der Waals surface area contributed by atoms with Crippen LogP contribution in [0.3, 0.4) is 0 Å². The number of quaternary nitrogens is 1. The second-order valence-electron chi connectivity index (χ2n) is 5.64. The lowest BCUT2D eigenvalue weighted by molar-refractivity contribution is -0.556. The molecule has 0 unspecified atom stereocenters. The Balaban J connectivity index is 1.97. The molecule has 0 amide bonds. The third-order valence-electron chi connectivity index (χ3n) is 3.58. The summed E-state index contributed by atoms with van der Waals surface area (Å²) in [6.07, 6.45) is 2.09. The number of ether oxygens (including phenoxy) is 1. The van der Waals surface area contributed by atoms with Gasteiger partial charge in [0.2, 0.25) is 5.88 Å². The van der Waals surface area contributed by atoms with E-state index in [0.29, 0.717) is 22.4 Å². The highest BCUT2D eigenvalue weighted by molar-refractivity contribution is 6.12. The van der Waals surface area contributed by atoms with Crippen molar-refractivity contribution in [1.29, 1.82) is 5.41 Å². The molecule has 2 aromatic rings. The summed E-state index contributed by atoms with van der Waals surface area (Å²) in [5.74, 6) is -0.265. The summed E-state index contributed by atoms with van der Waals surface area (Å²) in [4.78, 5) is 23.0. The van der Waals surface area contributed by atoms with Crippen LogP contribution in [0.1, 0.15) is 5.69 Å². The number of nitrogens with two attached hydrogens (primary N) is 1. The van der Waals surface area contributed by atoms with Gasteiger partial charge in [0.05, 0.1) is 18.3 Å². The molecule has 140 valence electrons. The second-order valence-corrected chi connectivity index (χ2v) is 5.64. The van der Waals surface area contributed by atoms with Crippen LogP contribution in [0.25, 0.3) is 16.7 Å². The molecule has 0 bridgehead atoms. The Morgan fingerprint density at radius 3 is 2.78 bits per heavy atom. The van der Waals surface area contributed by atoms with E-state index in [9.17, 15) is 18.0 Å². The third-order valence-corrected chi connectivity index (χ3v) is 3.58. The summed E-state index contributed by atoms with van der Waals surface area (Å²) in [5, 5.41) is 9.64. The first kappa shape index (κ1) is 18.5. The number of hydrogen-bond donors (Lipinski definition) is 3. The van der Waals surface area contributed by atoms with Crippen molar-refractivity contribution < 1.29 is 23.2 Å². The van der Waals surface area contributed by atoms with Crippen LogP contribution in [0.5, 0.6) is 5.88 Å². The molecule has 1 aliphatic carbocycles. The Bertz CT molecular complexity index is 1050. The first-order valence-electron chi connectivity index (χ1n) is 7.86. The van der Waals surface area contributed by atoms with Gasteiger partial charge in [0.1, 0.15) is 17.4 Å². The average molecular weight is 378 g/mol. The van der Waals surface area contributed by atoms with Crippen molar-refractivity contribution in [3.63, 3.8) is 0 Å². The molecule has 0 spiro atoms. The molecule has 0 saturated carbocycles. The first-order chi connectivity index (χ1) is 12.8. The maximum atomic E-state index is 12.4. The van der Waals surface area contributed by atoms with Crippen LogP contribution in [0.2, 0.25) is 0 Å². The summed E-state index contributed by atoms with van der Waals surface area (Å²) < 4.78 is 41.3. The van der Waals surface area contributed by atoms with Gasteiger partial charge in [-0.3, -0.25) is 4.79 Å². The lowest BCUT2D eigenvalue weighted by atomic mass is 9.99. The minimum Gasteiger partial charge on any atom is -0.468 e. The molecule has 0 fully saturated rings. The fourth-order valence-corrected chi connectivity index (χ4v) is 2.41. The molecular formula is C17H15F3N5O2+. The van der Waals surface area contributed by atoms with E-state index >= 15 is 0 Å². The van der Waals surface area contributed by atoms with Crippen LogP contribution < -0.4 is 15.6 Å². The van der Waals surface area contributed by atoms with Gasteiger partial charge in [-0.15, -0.1) is 0 Å². The van der Waals surface area contributed by atoms with Crippen molar-refractivity contribution in [2.75, 3.05) is 13.7 Å². The average Bonchev–Trinajstić information content (AvgIpc) is 2.61. The molecule has 0 radical (unpaired) electrons. The van der Waals surface area contributed by atoms with Gasteiger partial charge in [0.15, 0.2) is 12.3 Å². The number of nitrogens with zero attached hydrogens (tertiary/aromatic N) is 2. The Morgan fingerprint density at radius 1 is 1.30 bits per heavy atom. The minimum atomic E-state index is -4.49. The van der Waals surface area contributed by atoms with Gasteiger partial charge in [-0.2, -0.15) is 18.2 Å². The van der Waals surface area contributed by atoms with E-state index in [1.807, 2.05) is 7.05 Å². The molecule has 0 atom stereocenters. The largest absolute Gasteiger partial charge is 0.468 e. The van der Waals surface area contributed by atoms with Crippen molar-refractivity contribution in [2.45, 2.75) is 6.18 Å². The van der Waals surface area contributed by atoms with E-state index in [1.54, 1.807) is 29.7 Å². The molecule has 0 aliphatic heterocycles. The lowest BCUT2D eigenvalue weighted by Crippen LogP contribution is -2.73. The van der Waals surface area contributed by atoms with Crippen LogP contribution in [0, 0.1) is 5.41 Å². The number of H-pyrrole nitrogens is 1. The number of halogens is 3. The number of aromatic nitrogens is 3. The number of hydrogen-bond acceptors (Lipinski definition) is 5. The van der Waals surface area contributed by atoms with Crippen LogP contribution in [-0.2, 0) is 0 Å². The Labute approximate surface area is 150 Å².